The van der Waals surface area contributed by atoms with Gasteiger partial charge in [0, 0.05) is 6.42 Å². The van der Waals surface area contributed by atoms with Gasteiger partial charge in [-0.1, -0.05) is 30.4 Å². The highest BCUT2D eigenvalue weighted by Crippen LogP contribution is 2.22. The number of benzene rings is 1. The Morgan fingerprint density at radius 2 is 2.00 bits per heavy atom. The molecule has 102 valence electrons. The van der Waals surface area contributed by atoms with Crippen molar-refractivity contribution in [1.29, 1.82) is 0 Å². The summed E-state index contributed by atoms with van der Waals surface area (Å²) in [5.74, 6) is 0.878. The zero-order chi connectivity index (χ0) is 13.7. The Hall–Kier alpha value is -1.46. The van der Waals surface area contributed by atoms with Crippen LogP contribution in [0.5, 0.6) is 5.75 Å². The standard InChI is InChI=1S/C14H19N3OS/c1-4-12(15-2)14-17-16-13(19-14)9-10-5-7-11(18-3)8-6-10/h5-8,12,15H,4,9H2,1-3H3. The highest BCUT2D eigenvalue weighted by Gasteiger charge is 2.13. The Bertz CT molecular complexity index is 506. The molecule has 1 unspecified atom stereocenters. The minimum atomic E-state index is 0.308. The summed E-state index contributed by atoms with van der Waals surface area (Å²) in [5, 5.41) is 13.9. The van der Waals surface area contributed by atoms with Crippen LogP contribution in [0.4, 0.5) is 0 Å². The molecule has 1 N–H and O–H groups in total. The van der Waals surface area contributed by atoms with Gasteiger partial charge >= 0.3 is 0 Å². The monoisotopic (exact) mass is 277 g/mol. The number of methoxy groups -OCH3 is 1. The Morgan fingerprint density at radius 1 is 1.26 bits per heavy atom. The molecule has 1 atom stereocenters. The average Bonchev–Trinajstić information content (AvgIpc) is 2.89. The lowest BCUT2D eigenvalue weighted by Crippen LogP contribution is -2.14. The number of hydrogen-bond acceptors (Lipinski definition) is 5. The predicted octanol–water partition coefficient (Wildman–Crippen LogP) is 2.81. The molecule has 2 aromatic rings. The third-order valence-electron chi connectivity index (χ3n) is 3.05. The van der Waals surface area contributed by atoms with E-state index in [4.69, 9.17) is 4.74 Å². The molecular formula is C14H19N3OS. The van der Waals surface area contributed by atoms with Crippen LogP contribution >= 0.6 is 11.3 Å². The van der Waals surface area contributed by atoms with E-state index in [2.05, 4.69) is 34.6 Å². The van der Waals surface area contributed by atoms with Gasteiger partial charge in [-0.2, -0.15) is 0 Å². The molecule has 0 fully saturated rings. The second-order valence-corrected chi connectivity index (χ2v) is 5.40. The van der Waals surface area contributed by atoms with Gasteiger partial charge in [0.25, 0.3) is 0 Å². The fourth-order valence-corrected chi connectivity index (χ4v) is 2.97. The van der Waals surface area contributed by atoms with Gasteiger partial charge in [-0.25, -0.2) is 0 Å². The van der Waals surface area contributed by atoms with E-state index in [0.717, 1.165) is 28.6 Å². The summed E-state index contributed by atoms with van der Waals surface area (Å²) in [7, 11) is 3.63. The van der Waals surface area contributed by atoms with E-state index in [1.54, 1.807) is 18.4 Å². The smallest absolute Gasteiger partial charge is 0.134 e. The van der Waals surface area contributed by atoms with E-state index in [-0.39, 0.29) is 0 Å². The van der Waals surface area contributed by atoms with Crippen molar-refractivity contribution in [2.24, 2.45) is 0 Å². The second kappa shape index (κ2) is 6.63. The summed E-state index contributed by atoms with van der Waals surface area (Å²) in [6, 6.07) is 8.38. The topological polar surface area (TPSA) is 47.0 Å². The number of hydrogen-bond donors (Lipinski definition) is 1. The molecule has 0 saturated carbocycles. The lowest BCUT2D eigenvalue weighted by atomic mass is 10.1. The summed E-state index contributed by atoms with van der Waals surface area (Å²) < 4.78 is 5.15. The molecule has 0 radical (unpaired) electrons. The molecule has 0 spiro atoms. The van der Waals surface area contributed by atoms with Gasteiger partial charge in [0.1, 0.15) is 15.8 Å². The summed E-state index contributed by atoms with van der Waals surface area (Å²) in [6.07, 6.45) is 1.84. The number of ether oxygens (including phenoxy) is 1. The molecule has 4 nitrogen and oxygen atoms in total. The average molecular weight is 277 g/mol. The summed E-state index contributed by atoms with van der Waals surface area (Å²) >= 11 is 1.68. The summed E-state index contributed by atoms with van der Waals surface area (Å²) in [6.45, 7) is 2.14. The predicted molar refractivity (Wildman–Crippen MR) is 77.8 cm³/mol. The SMILES string of the molecule is CCC(NC)c1nnc(Cc2ccc(OC)cc2)s1. The third-order valence-corrected chi connectivity index (χ3v) is 4.09. The van der Waals surface area contributed by atoms with Crippen molar-refractivity contribution in [2.75, 3.05) is 14.2 Å². The van der Waals surface area contributed by atoms with E-state index in [0.29, 0.717) is 6.04 Å². The fraction of sp³-hybridized carbons (Fsp3) is 0.429. The first-order valence-electron chi connectivity index (χ1n) is 6.39. The first-order chi connectivity index (χ1) is 9.26. The van der Waals surface area contributed by atoms with Gasteiger partial charge in [-0.05, 0) is 31.2 Å². The minimum Gasteiger partial charge on any atom is -0.497 e. The Labute approximate surface area is 117 Å². The third kappa shape index (κ3) is 3.52. The molecule has 0 bridgehead atoms. The molecule has 0 aliphatic rings. The van der Waals surface area contributed by atoms with Crippen molar-refractivity contribution in [3.63, 3.8) is 0 Å². The highest BCUT2D eigenvalue weighted by atomic mass is 32.1. The minimum absolute atomic E-state index is 0.308. The Kier molecular flexibility index (Phi) is 4.87. The fourth-order valence-electron chi connectivity index (χ4n) is 1.90. The van der Waals surface area contributed by atoms with Crippen LogP contribution in [0.3, 0.4) is 0 Å². The molecule has 1 heterocycles. The van der Waals surface area contributed by atoms with Crippen molar-refractivity contribution in [2.45, 2.75) is 25.8 Å². The van der Waals surface area contributed by atoms with E-state index < -0.39 is 0 Å². The van der Waals surface area contributed by atoms with Gasteiger partial charge in [-0.15, -0.1) is 10.2 Å². The maximum absolute atomic E-state index is 5.15. The first-order valence-corrected chi connectivity index (χ1v) is 7.21. The molecule has 0 aliphatic heterocycles. The molecule has 0 saturated heterocycles. The van der Waals surface area contributed by atoms with Crippen molar-refractivity contribution < 1.29 is 4.74 Å². The normalized spacial score (nSPS) is 12.4. The molecule has 0 aliphatic carbocycles. The van der Waals surface area contributed by atoms with Crippen LogP contribution < -0.4 is 10.1 Å². The van der Waals surface area contributed by atoms with Gasteiger partial charge in [-0.3, -0.25) is 0 Å². The van der Waals surface area contributed by atoms with E-state index in [9.17, 15) is 0 Å². The molecule has 0 amide bonds. The van der Waals surface area contributed by atoms with Gasteiger partial charge < -0.3 is 10.1 Å². The summed E-state index contributed by atoms with van der Waals surface area (Å²) in [5.41, 5.74) is 1.22. The number of nitrogens with zero attached hydrogens (tertiary/aromatic N) is 2. The highest BCUT2D eigenvalue weighted by molar-refractivity contribution is 7.11. The van der Waals surface area contributed by atoms with Gasteiger partial charge in [0.2, 0.25) is 0 Å². The van der Waals surface area contributed by atoms with Crippen LogP contribution in [0.2, 0.25) is 0 Å². The lowest BCUT2D eigenvalue weighted by molar-refractivity contribution is 0.414. The molecule has 19 heavy (non-hydrogen) atoms. The lowest BCUT2D eigenvalue weighted by Gasteiger charge is -2.08. The van der Waals surface area contributed by atoms with Gasteiger partial charge in [0.05, 0.1) is 13.2 Å². The van der Waals surface area contributed by atoms with Crippen LogP contribution in [0, 0.1) is 0 Å². The van der Waals surface area contributed by atoms with Crippen molar-refractivity contribution in [3.8, 4) is 5.75 Å². The zero-order valence-corrected chi connectivity index (χ0v) is 12.3. The maximum Gasteiger partial charge on any atom is 0.134 e. The van der Waals surface area contributed by atoms with Crippen molar-refractivity contribution >= 4 is 11.3 Å². The number of nitrogens with one attached hydrogen (secondary N) is 1. The van der Waals surface area contributed by atoms with Crippen LogP contribution in [0.25, 0.3) is 0 Å². The van der Waals surface area contributed by atoms with Crippen LogP contribution in [0.1, 0.15) is 35.0 Å². The summed E-state index contributed by atoms with van der Waals surface area (Å²) in [4.78, 5) is 0. The van der Waals surface area contributed by atoms with Gasteiger partial charge in [0.15, 0.2) is 0 Å². The second-order valence-electron chi connectivity index (χ2n) is 4.31. The van der Waals surface area contributed by atoms with E-state index in [1.807, 2.05) is 19.2 Å². The van der Waals surface area contributed by atoms with Crippen molar-refractivity contribution in [3.05, 3.63) is 39.8 Å². The largest absolute Gasteiger partial charge is 0.497 e. The quantitative estimate of drug-likeness (QED) is 0.882. The Morgan fingerprint density at radius 3 is 2.58 bits per heavy atom. The van der Waals surface area contributed by atoms with E-state index in [1.165, 1.54) is 5.56 Å². The Balaban J connectivity index is 2.06. The molecule has 2 rings (SSSR count). The van der Waals surface area contributed by atoms with E-state index >= 15 is 0 Å². The van der Waals surface area contributed by atoms with Crippen molar-refractivity contribution in [1.82, 2.24) is 15.5 Å². The van der Waals surface area contributed by atoms with Crippen LogP contribution in [-0.4, -0.2) is 24.4 Å². The molecule has 1 aromatic heterocycles. The zero-order valence-electron chi connectivity index (χ0n) is 11.5. The molecule has 1 aromatic carbocycles. The number of rotatable bonds is 6. The maximum atomic E-state index is 5.15. The van der Waals surface area contributed by atoms with Crippen LogP contribution in [-0.2, 0) is 6.42 Å². The van der Waals surface area contributed by atoms with Crippen LogP contribution in [0.15, 0.2) is 24.3 Å². The molecule has 5 heteroatoms. The first kappa shape index (κ1) is 14.0. The number of aromatic nitrogens is 2. The molecular weight excluding hydrogens is 258 g/mol.